The molecule has 19 heavy (non-hydrogen) atoms. The molecule has 2 saturated heterocycles. The molecule has 3 N–H and O–H groups in total. The number of rotatable bonds is 4. The van der Waals surface area contributed by atoms with Gasteiger partial charge in [-0.05, 0) is 38.6 Å². The van der Waals surface area contributed by atoms with Gasteiger partial charge in [0.15, 0.2) is 0 Å². The minimum atomic E-state index is 0.305. The highest BCUT2D eigenvalue weighted by molar-refractivity contribution is 4.99. The second-order valence-corrected chi connectivity index (χ2v) is 6.06. The standard InChI is InChI=1S/C13H24N6/c1-18-10-3-4-11(18)6-9(5-10)12(17-14)7-13-15-8-16-19(13)2/h8-12,17H,3-7,14H2,1-2H3. The van der Waals surface area contributed by atoms with E-state index in [1.54, 1.807) is 6.33 Å². The molecule has 0 saturated carbocycles. The number of hydrazine groups is 1. The van der Waals surface area contributed by atoms with Crippen LogP contribution in [0.4, 0.5) is 0 Å². The van der Waals surface area contributed by atoms with Gasteiger partial charge in [-0.15, -0.1) is 0 Å². The summed E-state index contributed by atoms with van der Waals surface area (Å²) >= 11 is 0. The monoisotopic (exact) mass is 264 g/mol. The summed E-state index contributed by atoms with van der Waals surface area (Å²) in [4.78, 5) is 6.87. The lowest BCUT2D eigenvalue weighted by molar-refractivity contribution is 0.111. The summed E-state index contributed by atoms with van der Waals surface area (Å²) in [5, 5.41) is 4.13. The van der Waals surface area contributed by atoms with Crippen molar-refractivity contribution < 1.29 is 0 Å². The molecule has 6 heteroatoms. The van der Waals surface area contributed by atoms with Crippen LogP contribution in [-0.4, -0.2) is 44.8 Å². The van der Waals surface area contributed by atoms with Crippen LogP contribution in [0, 0.1) is 5.92 Å². The van der Waals surface area contributed by atoms with Crippen LogP contribution < -0.4 is 11.3 Å². The molecule has 0 amide bonds. The van der Waals surface area contributed by atoms with Gasteiger partial charge >= 0.3 is 0 Å². The molecule has 3 heterocycles. The average Bonchev–Trinajstić information content (AvgIpc) is 2.87. The Morgan fingerprint density at radius 3 is 2.58 bits per heavy atom. The number of hydrogen-bond donors (Lipinski definition) is 2. The summed E-state index contributed by atoms with van der Waals surface area (Å²) in [5.74, 6) is 7.45. The van der Waals surface area contributed by atoms with E-state index in [0.29, 0.717) is 12.0 Å². The molecule has 6 nitrogen and oxygen atoms in total. The number of aryl methyl sites for hydroxylation is 1. The third-order valence-electron chi connectivity index (χ3n) is 5.13. The van der Waals surface area contributed by atoms with Crippen molar-refractivity contribution in [1.82, 2.24) is 25.1 Å². The van der Waals surface area contributed by atoms with Gasteiger partial charge < -0.3 is 4.90 Å². The molecule has 2 aliphatic rings. The maximum atomic E-state index is 5.80. The minimum absolute atomic E-state index is 0.305. The van der Waals surface area contributed by atoms with E-state index in [4.69, 9.17) is 5.84 Å². The van der Waals surface area contributed by atoms with E-state index in [9.17, 15) is 0 Å². The highest BCUT2D eigenvalue weighted by atomic mass is 15.3. The lowest BCUT2D eigenvalue weighted by atomic mass is 9.84. The largest absolute Gasteiger partial charge is 0.300 e. The zero-order chi connectivity index (χ0) is 13.4. The zero-order valence-electron chi connectivity index (χ0n) is 11.8. The molecule has 3 unspecified atom stereocenters. The van der Waals surface area contributed by atoms with E-state index in [0.717, 1.165) is 24.3 Å². The van der Waals surface area contributed by atoms with Gasteiger partial charge in [-0.2, -0.15) is 5.10 Å². The van der Waals surface area contributed by atoms with Crippen LogP contribution in [0.1, 0.15) is 31.5 Å². The summed E-state index contributed by atoms with van der Waals surface area (Å²) < 4.78 is 1.84. The average molecular weight is 264 g/mol. The molecule has 1 aromatic heterocycles. The molecule has 0 spiro atoms. The second-order valence-electron chi connectivity index (χ2n) is 6.06. The quantitative estimate of drug-likeness (QED) is 0.594. The Labute approximate surface area is 114 Å². The fourth-order valence-electron chi connectivity index (χ4n) is 3.85. The number of aromatic nitrogens is 3. The van der Waals surface area contributed by atoms with E-state index in [-0.39, 0.29) is 0 Å². The normalized spacial score (nSPS) is 32.7. The van der Waals surface area contributed by atoms with Crippen LogP contribution in [0.5, 0.6) is 0 Å². The molecule has 3 rings (SSSR count). The van der Waals surface area contributed by atoms with E-state index >= 15 is 0 Å². The predicted octanol–water partition coefficient (Wildman–Crippen LogP) is 0.0623. The fraction of sp³-hybridized carbons (Fsp3) is 0.846. The third-order valence-corrected chi connectivity index (χ3v) is 5.13. The van der Waals surface area contributed by atoms with Crippen molar-refractivity contribution in [3.63, 3.8) is 0 Å². The van der Waals surface area contributed by atoms with Crippen molar-refractivity contribution in [2.75, 3.05) is 7.05 Å². The van der Waals surface area contributed by atoms with Gasteiger partial charge in [-0.1, -0.05) is 0 Å². The first-order valence-electron chi connectivity index (χ1n) is 7.20. The smallest absolute Gasteiger partial charge is 0.138 e. The molecular weight excluding hydrogens is 240 g/mol. The molecular formula is C13H24N6. The van der Waals surface area contributed by atoms with Crippen molar-refractivity contribution in [3.05, 3.63) is 12.2 Å². The van der Waals surface area contributed by atoms with Crippen molar-refractivity contribution in [2.45, 2.75) is 50.2 Å². The lowest BCUT2D eigenvalue weighted by Crippen LogP contribution is -2.50. The van der Waals surface area contributed by atoms with Crippen molar-refractivity contribution in [1.29, 1.82) is 0 Å². The lowest BCUT2D eigenvalue weighted by Gasteiger charge is -2.39. The molecule has 2 fully saturated rings. The van der Waals surface area contributed by atoms with Crippen LogP contribution in [-0.2, 0) is 13.5 Å². The zero-order valence-corrected chi connectivity index (χ0v) is 11.8. The van der Waals surface area contributed by atoms with Crippen LogP contribution in [0.15, 0.2) is 6.33 Å². The molecule has 1 aromatic rings. The summed E-state index contributed by atoms with van der Waals surface area (Å²) in [5.41, 5.74) is 3.02. The van der Waals surface area contributed by atoms with E-state index in [1.807, 2.05) is 11.7 Å². The Morgan fingerprint density at radius 2 is 2.05 bits per heavy atom. The van der Waals surface area contributed by atoms with Crippen molar-refractivity contribution in [2.24, 2.45) is 18.8 Å². The molecule has 0 aromatic carbocycles. The van der Waals surface area contributed by atoms with Crippen LogP contribution in [0.25, 0.3) is 0 Å². The topological polar surface area (TPSA) is 72.0 Å². The summed E-state index contributed by atoms with van der Waals surface area (Å²) in [7, 11) is 4.21. The number of nitrogens with two attached hydrogens (primary N) is 1. The Balaban J connectivity index is 1.68. The first-order valence-corrected chi connectivity index (χ1v) is 7.20. The van der Waals surface area contributed by atoms with Crippen LogP contribution in [0.3, 0.4) is 0 Å². The van der Waals surface area contributed by atoms with Crippen LogP contribution >= 0.6 is 0 Å². The van der Waals surface area contributed by atoms with Gasteiger partial charge in [-0.3, -0.25) is 16.0 Å². The summed E-state index contributed by atoms with van der Waals surface area (Å²) in [6.07, 6.45) is 7.67. The summed E-state index contributed by atoms with van der Waals surface area (Å²) in [6.45, 7) is 0. The first kappa shape index (κ1) is 13.0. The third kappa shape index (κ3) is 2.40. The van der Waals surface area contributed by atoms with E-state index < -0.39 is 0 Å². The molecule has 3 atom stereocenters. The van der Waals surface area contributed by atoms with Gasteiger partial charge in [0.25, 0.3) is 0 Å². The number of nitrogens with zero attached hydrogens (tertiary/aromatic N) is 4. The Kier molecular flexibility index (Phi) is 3.56. The first-order chi connectivity index (χ1) is 9.19. The molecule has 2 bridgehead atoms. The maximum Gasteiger partial charge on any atom is 0.138 e. The molecule has 106 valence electrons. The Hall–Kier alpha value is -0.980. The van der Waals surface area contributed by atoms with Crippen molar-refractivity contribution >= 4 is 0 Å². The second kappa shape index (κ2) is 5.19. The summed E-state index contributed by atoms with van der Waals surface area (Å²) in [6, 6.07) is 1.80. The fourth-order valence-corrected chi connectivity index (χ4v) is 3.85. The Morgan fingerprint density at radius 1 is 1.37 bits per heavy atom. The number of piperidine rings is 1. The van der Waals surface area contributed by atoms with Gasteiger partial charge in [0.1, 0.15) is 12.2 Å². The maximum absolute atomic E-state index is 5.80. The van der Waals surface area contributed by atoms with Gasteiger partial charge in [0.05, 0.1) is 0 Å². The van der Waals surface area contributed by atoms with E-state index in [1.165, 1.54) is 25.7 Å². The minimum Gasteiger partial charge on any atom is -0.300 e. The van der Waals surface area contributed by atoms with Gasteiger partial charge in [-0.25, -0.2) is 4.98 Å². The van der Waals surface area contributed by atoms with Gasteiger partial charge in [0, 0.05) is 31.6 Å². The van der Waals surface area contributed by atoms with Crippen LogP contribution in [0.2, 0.25) is 0 Å². The van der Waals surface area contributed by atoms with E-state index in [2.05, 4.69) is 27.5 Å². The molecule has 0 aliphatic carbocycles. The number of hydrogen-bond acceptors (Lipinski definition) is 5. The number of nitrogens with one attached hydrogen (secondary N) is 1. The van der Waals surface area contributed by atoms with Crippen molar-refractivity contribution in [3.8, 4) is 0 Å². The SMILES string of the molecule is CN1C2CCC1CC(C(Cc1ncnn1C)NN)C2. The molecule has 2 aliphatic heterocycles. The Bertz CT molecular complexity index is 417. The highest BCUT2D eigenvalue weighted by Gasteiger charge is 2.40. The highest BCUT2D eigenvalue weighted by Crippen LogP contribution is 2.38. The molecule has 0 radical (unpaired) electrons. The predicted molar refractivity (Wildman–Crippen MR) is 73.1 cm³/mol. The van der Waals surface area contributed by atoms with Gasteiger partial charge in [0.2, 0.25) is 0 Å². The number of fused-ring (bicyclic) bond motifs is 2.